The first kappa shape index (κ1) is 12.5. The Morgan fingerprint density at radius 3 is 3.00 bits per heavy atom. The number of nitrogens with zero attached hydrogens (tertiary/aromatic N) is 2. The molecule has 2 heterocycles. The Morgan fingerprint density at radius 2 is 2.32 bits per heavy atom. The molecule has 1 aromatic carbocycles. The van der Waals surface area contributed by atoms with Crippen LogP contribution in [0.2, 0.25) is 5.02 Å². The maximum absolute atomic E-state index is 13.0. The molecule has 2 aromatic rings. The van der Waals surface area contributed by atoms with Gasteiger partial charge in [0.1, 0.15) is 5.82 Å². The van der Waals surface area contributed by atoms with Crippen molar-refractivity contribution in [1.82, 2.24) is 15.5 Å². The van der Waals surface area contributed by atoms with Crippen molar-refractivity contribution in [1.29, 1.82) is 0 Å². The fourth-order valence-electron chi connectivity index (χ4n) is 2.06. The van der Waals surface area contributed by atoms with Crippen LogP contribution < -0.4 is 5.32 Å². The highest BCUT2D eigenvalue weighted by molar-refractivity contribution is 6.33. The highest BCUT2D eigenvalue weighted by Crippen LogP contribution is 2.28. The second-order valence-corrected chi connectivity index (χ2v) is 4.84. The predicted octanol–water partition coefficient (Wildman–Crippen LogP) is 1.92. The minimum Gasteiger partial charge on any atom is -0.392 e. The molecule has 0 saturated carbocycles. The Hall–Kier alpha value is -1.50. The molecule has 0 bridgehead atoms. The van der Waals surface area contributed by atoms with Gasteiger partial charge in [-0.15, -0.1) is 0 Å². The van der Waals surface area contributed by atoms with Crippen LogP contribution in [0.3, 0.4) is 0 Å². The second kappa shape index (κ2) is 4.88. The van der Waals surface area contributed by atoms with Crippen LogP contribution in [0, 0.1) is 5.82 Å². The summed E-state index contributed by atoms with van der Waals surface area (Å²) in [6.45, 7) is 0.500. The van der Waals surface area contributed by atoms with Crippen molar-refractivity contribution in [3.05, 3.63) is 34.9 Å². The lowest BCUT2D eigenvalue weighted by Gasteiger charge is -2.01. The van der Waals surface area contributed by atoms with Crippen molar-refractivity contribution >= 4 is 11.6 Å². The van der Waals surface area contributed by atoms with Crippen molar-refractivity contribution in [2.45, 2.75) is 18.6 Å². The third-order valence-electron chi connectivity index (χ3n) is 3.02. The zero-order chi connectivity index (χ0) is 13.4. The number of β-amino-alcohol motifs (C(OH)–C–C–N with tert-alkyl or cyclic N) is 1. The van der Waals surface area contributed by atoms with Gasteiger partial charge in [0.25, 0.3) is 0 Å². The molecular weight excluding hydrogens is 273 g/mol. The normalized spacial score (nSPS) is 22.9. The second-order valence-electron chi connectivity index (χ2n) is 4.43. The summed E-state index contributed by atoms with van der Waals surface area (Å²) in [5, 5.41) is 16.6. The van der Waals surface area contributed by atoms with E-state index in [1.807, 2.05) is 0 Å². The quantitative estimate of drug-likeness (QED) is 0.881. The minimum atomic E-state index is -0.418. The fraction of sp³-hybridized carbons (Fsp3) is 0.333. The van der Waals surface area contributed by atoms with Crippen LogP contribution in [0.1, 0.15) is 18.4 Å². The number of aliphatic hydroxyl groups is 1. The van der Waals surface area contributed by atoms with E-state index in [4.69, 9.17) is 16.1 Å². The van der Waals surface area contributed by atoms with Crippen LogP contribution in [0.4, 0.5) is 4.39 Å². The smallest absolute Gasteiger partial charge is 0.244 e. The highest BCUT2D eigenvalue weighted by Gasteiger charge is 2.28. The van der Waals surface area contributed by atoms with E-state index < -0.39 is 11.9 Å². The first-order valence-electron chi connectivity index (χ1n) is 5.84. The number of benzene rings is 1. The zero-order valence-electron chi connectivity index (χ0n) is 9.81. The fourth-order valence-corrected chi connectivity index (χ4v) is 2.31. The number of aliphatic hydroxyl groups excluding tert-OH is 1. The van der Waals surface area contributed by atoms with Crippen LogP contribution in [0.25, 0.3) is 11.4 Å². The molecule has 2 N–H and O–H groups in total. The number of rotatable bonds is 2. The first-order chi connectivity index (χ1) is 9.13. The Balaban J connectivity index is 1.88. The number of aromatic nitrogens is 2. The number of hydrogen-bond donors (Lipinski definition) is 2. The molecule has 0 radical (unpaired) electrons. The van der Waals surface area contributed by atoms with Gasteiger partial charge in [0.2, 0.25) is 11.7 Å². The summed E-state index contributed by atoms with van der Waals surface area (Å²) >= 11 is 5.94. The van der Waals surface area contributed by atoms with Gasteiger partial charge in [0, 0.05) is 12.1 Å². The molecule has 1 aliphatic heterocycles. The number of halogens is 2. The molecule has 3 rings (SSSR count). The summed E-state index contributed by atoms with van der Waals surface area (Å²) in [7, 11) is 0. The van der Waals surface area contributed by atoms with Gasteiger partial charge in [-0.3, -0.25) is 0 Å². The van der Waals surface area contributed by atoms with Crippen molar-refractivity contribution < 1.29 is 14.0 Å². The molecule has 1 fully saturated rings. The van der Waals surface area contributed by atoms with Gasteiger partial charge in [0.05, 0.1) is 17.2 Å². The average Bonchev–Trinajstić information content (AvgIpc) is 2.97. The monoisotopic (exact) mass is 283 g/mol. The summed E-state index contributed by atoms with van der Waals surface area (Å²) < 4.78 is 18.1. The van der Waals surface area contributed by atoms with E-state index in [9.17, 15) is 9.50 Å². The lowest BCUT2D eigenvalue weighted by molar-refractivity contribution is 0.191. The molecular formula is C12H11ClFN3O2. The van der Waals surface area contributed by atoms with Crippen LogP contribution in [0.5, 0.6) is 0 Å². The molecule has 100 valence electrons. The highest BCUT2D eigenvalue weighted by atomic mass is 35.5. The molecule has 1 aliphatic rings. The largest absolute Gasteiger partial charge is 0.392 e. The number of hydrogen-bond acceptors (Lipinski definition) is 5. The summed E-state index contributed by atoms with van der Waals surface area (Å²) in [5.74, 6) is 0.285. The van der Waals surface area contributed by atoms with Crippen molar-refractivity contribution in [3.63, 3.8) is 0 Å². The molecule has 0 amide bonds. The van der Waals surface area contributed by atoms with Crippen LogP contribution in [-0.2, 0) is 0 Å². The van der Waals surface area contributed by atoms with E-state index >= 15 is 0 Å². The maximum atomic E-state index is 13.0. The third-order valence-corrected chi connectivity index (χ3v) is 3.33. The van der Waals surface area contributed by atoms with Gasteiger partial charge in [-0.1, -0.05) is 16.8 Å². The summed E-state index contributed by atoms with van der Waals surface area (Å²) in [6, 6.07) is 3.83. The van der Waals surface area contributed by atoms with Gasteiger partial charge in [0.15, 0.2) is 0 Å². The zero-order valence-corrected chi connectivity index (χ0v) is 10.6. The van der Waals surface area contributed by atoms with Gasteiger partial charge >= 0.3 is 0 Å². The Kier molecular flexibility index (Phi) is 3.22. The molecule has 0 aliphatic carbocycles. The van der Waals surface area contributed by atoms with E-state index in [-0.39, 0.29) is 11.1 Å². The molecule has 7 heteroatoms. The van der Waals surface area contributed by atoms with Crippen LogP contribution in [0.15, 0.2) is 22.7 Å². The molecule has 1 aromatic heterocycles. The van der Waals surface area contributed by atoms with Gasteiger partial charge in [-0.05, 0) is 24.6 Å². The van der Waals surface area contributed by atoms with Crippen molar-refractivity contribution in [2.24, 2.45) is 0 Å². The Morgan fingerprint density at radius 1 is 1.47 bits per heavy atom. The average molecular weight is 284 g/mol. The lowest BCUT2D eigenvalue weighted by atomic mass is 10.2. The molecule has 1 saturated heterocycles. The minimum absolute atomic E-state index is 0.157. The van der Waals surface area contributed by atoms with Gasteiger partial charge in [-0.2, -0.15) is 4.98 Å². The third kappa shape index (κ3) is 2.47. The summed E-state index contributed by atoms with van der Waals surface area (Å²) in [5.41, 5.74) is 0.511. The van der Waals surface area contributed by atoms with Crippen LogP contribution in [-0.4, -0.2) is 27.9 Å². The molecule has 5 nitrogen and oxygen atoms in total. The van der Waals surface area contributed by atoms with E-state index in [1.165, 1.54) is 18.2 Å². The molecule has 19 heavy (non-hydrogen) atoms. The molecule has 0 unspecified atom stereocenters. The SMILES string of the molecule is O[C@H]1CN[C@H](c2nc(-c3ccc(F)cc3Cl)no2)C1. The van der Waals surface area contributed by atoms with Gasteiger partial charge < -0.3 is 14.9 Å². The van der Waals surface area contributed by atoms with E-state index in [1.54, 1.807) is 0 Å². The van der Waals surface area contributed by atoms with Crippen molar-refractivity contribution in [2.75, 3.05) is 6.54 Å². The predicted molar refractivity (Wildman–Crippen MR) is 66.1 cm³/mol. The standard InChI is InChI=1S/C12H11ClFN3O2/c13-9-3-6(14)1-2-8(9)11-16-12(19-17-11)10-4-7(18)5-15-10/h1-3,7,10,15,18H,4-5H2/t7-,10+/m1/s1. The lowest BCUT2D eigenvalue weighted by Crippen LogP contribution is -2.15. The Bertz CT molecular complexity index is 604. The summed E-state index contributed by atoms with van der Waals surface area (Å²) in [6.07, 6.45) is 0.119. The first-order valence-corrected chi connectivity index (χ1v) is 6.22. The van der Waals surface area contributed by atoms with E-state index in [2.05, 4.69) is 15.5 Å². The molecule has 2 atom stereocenters. The topological polar surface area (TPSA) is 71.2 Å². The maximum Gasteiger partial charge on any atom is 0.244 e. The van der Waals surface area contributed by atoms with Crippen molar-refractivity contribution in [3.8, 4) is 11.4 Å². The molecule has 0 spiro atoms. The van der Waals surface area contributed by atoms with Crippen LogP contribution >= 0.6 is 11.6 Å². The number of nitrogens with one attached hydrogen (secondary N) is 1. The van der Waals surface area contributed by atoms with E-state index in [0.29, 0.717) is 30.2 Å². The van der Waals surface area contributed by atoms with Gasteiger partial charge in [-0.25, -0.2) is 4.39 Å². The summed E-state index contributed by atoms with van der Waals surface area (Å²) in [4.78, 5) is 4.23. The Labute approximate surface area is 113 Å². The van der Waals surface area contributed by atoms with E-state index in [0.717, 1.165) is 0 Å².